The Bertz CT molecular complexity index is 1010. The maximum absolute atomic E-state index is 13.4. The minimum absolute atomic E-state index is 0.0272. The maximum Gasteiger partial charge on any atom is 0.313 e. The average molecular weight is 443 g/mol. The molecule has 8 heteroatoms. The highest BCUT2D eigenvalue weighted by atomic mass is 19.2. The zero-order chi connectivity index (χ0) is 22.7. The van der Waals surface area contributed by atoms with Crippen molar-refractivity contribution < 1.29 is 18.4 Å². The van der Waals surface area contributed by atoms with Crippen molar-refractivity contribution in [2.24, 2.45) is 0 Å². The summed E-state index contributed by atoms with van der Waals surface area (Å²) in [4.78, 5) is 29.3. The van der Waals surface area contributed by atoms with E-state index in [-0.39, 0.29) is 11.7 Å². The molecular formula is C24H28F2N4O2. The molecule has 1 saturated heterocycles. The second-order valence-corrected chi connectivity index (χ2v) is 8.47. The lowest BCUT2D eigenvalue weighted by molar-refractivity contribution is -0.136. The Morgan fingerprint density at radius 3 is 2.50 bits per heavy atom. The fourth-order valence-electron chi connectivity index (χ4n) is 4.51. The number of likely N-dealkylation sites (tertiary alicyclic amines) is 1. The molecular weight excluding hydrogens is 414 g/mol. The summed E-state index contributed by atoms with van der Waals surface area (Å²) >= 11 is 0. The van der Waals surface area contributed by atoms with Gasteiger partial charge in [-0.3, -0.25) is 14.5 Å². The van der Waals surface area contributed by atoms with Gasteiger partial charge in [-0.25, -0.2) is 8.78 Å². The van der Waals surface area contributed by atoms with Crippen molar-refractivity contribution in [3.8, 4) is 0 Å². The predicted molar refractivity (Wildman–Crippen MR) is 120 cm³/mol. The first-order chi connectivity index (χ1) is 15.4. The van der Waals surface area contributed by atoms with Crippen LogP contribution in [0.3, 0.4) is 0 Å². The molecule has 0 aromatic heterocycles. The van der Waals surface area contributed by atoms with E-state index < -0.39 is 23.4 Å². The first-order valence-corrected chi connectivity index (χ1v) is 11.0. The first kappa shape index (κ1) is 22.2. The summed E-state index contributed by atoms with van der Waals surface area (Å²) in [7, 11) is 2.08. The molecule has 170 valence electrons. The van der Waals surface area contributed by atoms with Crippen molar-refractivity contribution >= 4 is 23.2 Å². The van der Waals surface area contributed by atoms with Crippen LogP contribution >= 0.6 is 0 Å². The van der Waals surface area contributed by atoms with Gasteiger partial charge in [0.15, 0.2) is 11.6 Å². The number of likely N-dealkylation sites (N-methyl/N-ethyl adjacent to an activating group) is 1. The molecule has 0 spiro atoms. The van der Waals surface area contributed by atoms with Gasteiger partial charge in [-0.1, -0.05) is 18.6 Å². The first-order valence-electron chi connectivity index (χ1n) is 11.0. The van der Waals surface area contributed by atoms with Crippen LogP contribution in [0.2, 0.25) is 0 Å². The third-order valence-corrected chi connectivity index (χ3v) is 6.29. The highest BCUT2D eigenvalue weighted by Crippen LogP contribution is 2.32. The van der Waals surface area contributed by atoms with E-state index in [9.17, 15) is 18.4 Å². The number of anilines is 2. The minimum Gasteiger partial charge on any atom is -0.374 e. The van der Waals surface area contributed by atoms with Crippen LogP contribution in [-0.4, -0.2) is 49.9 Å². The molecule has 0 aliphatic carbocycles. The van der Waals surface area contributed by atoms with E-state index >= 15 is 0 Å². The number of nitrogens with one attached hydrogen (secondary N) is 2. The molecule has 0 saturated carbocycles. The molecule has 32 heavy (non-hydrogen) atoms. The van der Waals surface area contributed by atoms with Crippen LogP contribution < -0.4 is 15.5 Å². The number of benzene rings is 2. The molecule has 2 N–H and O–H groups in total. The molecule has 2 aromatic rings. The third-order valence-electron chi connectivity index (χ3n) is 6.29. The van der Waals surface area contributed by atoms with Gasteiger partial charge in [0.05, 0.1) is 6.04 Å². The number of hydrogen-bond acceptors (Lipinski definition) is 4. The van der Waals surface area contributed by atoms with E-state index in [2.05, 4.69) is 45.7 Å². The summed E-state index contributed by atoms with van der Waals surface area (Å²) in [6.45, 7) is 3.17. The molecule has 2 aliphatic heterocycles. The molecule has 0 bridgehead atoms. The standard InChI is InChI=1S/C24H28F2N4O2/c1-29-12-9-17-13-16(5-8-21(17)29)22(30-10-3-2-4-11-30)15-27-23(31)24(32)28-18-6-7-19(25)20(26)14-18/h5-8,13-14,22H,2-4,9-12,15H2,1H3,(H,27,31)(H,28,32)/t22-/m0/s1. The lowest BCUT2D eigenvalue weighted by atomic mass is 9.98. The molecule has 1 fully saturated rings. The van der Waals surface area contributed by atoms with E-state index in [4.69, 9.17) is 0 Å². The van der Waals surface area contributed by atoms with Gasteiger partial charge in [0.1, 0.15) is 0 Å². The quantitative estimate of drug-likeness (QED) is 0.698. The highest BCUT2D eigenvalue weighted by Gasteiger charge is 2.26. The largest absolute Gasteiger partial charge is 0.374 e. The van der Waals surface area contributed by atoms with Crippen LogP contribution in [0.5, 0.6) is 0 Å². The van der Waals surface area contributed by atoms with Crippen molar-refractivity contribution in [3.63, 3.8) is 0 Å². The summed E-state index contributed by atoms with van der Waals surface area (Å²) in [6, 6.07) is 9.37. The summed E-state index contributed by atoms with van der Waals surface area (Å²) in [5, 5.41) is 5.05. The third kappa shape index (κ3) is 4.91. The van der Waals surface area contributed by atoms with Crippen LogP contribution in [0, 0.1) is 11.6 Å². The van der Waals surface area contributed by atoms with Crippen molar-refractivity contribution in [1.82, 2.24) is 10.2 Å². The highest BCUT2D eigenvalue weighted by molar-refractivity contribution is 6.39. The minimum atomic E-state index is -1.09. The SMILES string of the molecule is CN1CCc2cc([C@H](CNC(=O)C(=O)Nc3ccc(F)c(F)c3)N3CCCCC3)ccc21. The zero-order valence-electron chi connectivity index (χ0n) is 18.2. The van der Waals surface area contributed by atoms with Crippen LogP contribution in [0.4, 0.5) is 20.2 Å². The van der Waals surface area contributed by atoms with Gasteiger partial charge in [0.2, 0.25) is 0 Å². The summed E-state index contributed by atoms with van der Waals surface area (Å²) in [5.41, 5.74) is 3.69. The lowest BCUT2D eigenvalue weighted by Gasteiger charge is -2.35. The van der Waals surface area contributed by atoms with E-state index in [0.717, 1.165) is 56.6 Å². The molecule has 2 aromatic carbocycles. The normalized spacial score (nSPS) is 17.0. The van der Waals surface area contributed by atoms with Gasteiger partial charge in [0.25, 0.3) is 0 Å². The fraction of sp³-hybridized carbons (Fsp3) is 0.417. The Hall–Kier alpha value is -3.00. The Labute approximate surface area is 186 Å². The van der Waals surface area contributed by atoms with Crippen molar-refractivity contribution in [3.05, 3.63) is 59.2 Å². The van der Waals surface area contributed by atoms with Gasteiger partial charge in [-0.05, 0) is 61.7 Å². The predicted octanol–water partition coefficient (Wildman–Crippen LogP) is 3.24. The Kier molecular flexibility index (Phi) is 6.69. The van der Waals surface area contributed by atoms with Gasteiger partial charge < -0.3 is 15.5 Å². The smallest absolute Gasteiger partial charge is 0.313 e. The topological polar surface area (TPSA) is 64.7 Å². The Morgan fingerprint density at radius 2 is 1.75 bits per heavy atom. The van der Waals surface area contributed by atoms with Gasteiger partial charge >= 0.3 is 11.8 Å². The average Bonchev–Trinajstić information content (AvgIpc) is 3.17. The van der Waals surface area contributed by atoms with Gasteiger partial charge in [-0.2, -0.15) is 0 Å². The van der Waals surface area contributed by atoms with E-state index in [1.165, 1.54) is 23.7 Å². The number of nitrogens with zero attached hydrogens (tertiary/aromatic N) is 2. The molecule has 0 unspecified atom stereocenters. The number of carbonyl (C=O) groups excluding carboxylic acids is 2. The van der Waals surface area contributed by atoms with Crippen LogP contribution in [0.1, 0.15) is 36.4 Å². The maximum atomic E-state index is 13.4. The van der Waals surface area contributed by atoms with Gasteiger partial charge in [0, 0.05) is 37.6 Å². The number of hydrogen-bond donors (Lipinski definition) is 2. The number of halogens is 2. The van der Waals surface area contributed by atoms with Crippen LogP contribution in [0.25, 0.3) is 0 Å². The molecule has 2 heterocycles. The molecule has 2 aliphatic rings. The number of carbonyl (C=O) groups is 2. The number of piperidine rings is 1. The summed E-state index contributed by atoms with van der Waals surface area (Å²) in [6.07, 6.45) is 4.40. The number of fused-ring (bicyclic) bond motifs is 1. The molecule has 6 nitrogen and oxygen atoms in total. The lowest BCUT2D eigenvalue weighted by Crippen LogP contribution is -2.43. The second-order valence-electron chi connectivity index (χ2n) is 8.47. The van der Waals surface area contributed by atoms with Gasteiger partial charge in [-0.15, -0.1) is 0 Å². The van der Waals surface area contributed by atoms with Crippen molar-refractivity contribution in [2.75, 3.05) is 43.4 Å². The van der Waals surface area contributed by atoms with Crippen molar-refractivity contribution in [1.29, 1.82) is 0 Å². The molecule has 0 radical (unpaired) electrons. The summed E-state index contributed by atoms with van der Waals surface area (Å²) < 4.78 is 26.4. The molecule has 2 amide bonds. The monoisotopic (exact) mass is 442 g/mol. The van der Waals surface area contributed by atoms with E-state index in [0.29, 0.717) is 6.54 Å². The van der Waals surface area contributed by atoms with E-state index in [1.807, 2.05) is 0 Å². The second kappa shape index (κ2) is 9.65. The number of amides is 2. The van der Waals surface area contributed by atoms with Crippen LogP contribution in [0.15, 0.2) is 36.4 Å². The van der Waals surface area contributed by atoms with E-state index in [1.54, 1.807) is 0 Å². The Balaban J connectivity index is 1.44. The summed E-state index contributed by atoms with van der Waals surface area (Å²) in [5.74, 6) is -3.82. The van der Waals surface area contributed by atoms with Crippen LogP contribution in [-0.2, 0) is 16.0 Å². The van der Waals surface area contributed by atoms with Crippen molar-refractivity contribution in [2.45, 2.75) is 31.7 Å². The fourth-order valence-corrected chi connectivity index (χ4v) is 4.51. The molecule has 1 atom stereocenters. The number of rotatable bonds is 5. The molecule has 4 rings (SSSR count). The Morgan fingerprint density at radius 1 is 0.969 bits per heavy atom. The zero-order valence-corrected chi connectivity index (χ0v) is 18.2.